The molecule has 1 aromatic rings. The fraction of sp³-hybridized carbons (Fsp3) is 0.143. The number of oxazole rings is 1. The van der Waals surface area contributed by atoms with Gasteiger partial charge in [-0.25, -0.2) is 4.99 Å². The lowest BCUT2D eigenvalue weighted by molar-refractivity contribution is 0.551. The smallest absolute Gasteiger partial charge is 0.294 e. The van der Waals surface area contributed by atoms with Gasteiger partial charge in [-0.05, 0) is 31.3 Å². The molecule has 4 heteroatoms. The summed E-state index contributed by atoms with van der Waals surface area (Å²) in [5, 5.41) is 0.0838. The van der Waals surface area contributed by atoms with Crippen molar-refractivity contribution in [2.24, 2.45) is 4.99 Å². The molecule has 0 radical (unpaired) electrons. The van der Waals surface area contributed by atoms with Gasteiger partial charge in [0.25, 0.3) is 5.35 Å². The van der Waals surface area contributed by atoms with Gasteiger partial charge >= 0.3 is 0 Å². The van der Waals surface area contributed by atoms with Gasteiger partial charge in [-0.3, -0.25) is 0 Å². The van der Waals surface area contributed by atoms with Crippen LogP contribution in [0.25, 0.3) is 6.08 Å². The van der Waals surface area contributed by atoms with Gasteiger partial charge in [0.15, 0.2) is 11.6 Å². The van der Waals surface area contributed by atoms with Crippen molar-refractivity contribution in [3.8, 4) is 0 Å². The maximum atomic E-state index is 5.48. The topological polar surface area (TPSA) is 38.4 Å². The SMILES string of the molecule is C=Nc1nc(Cl)oc1/C=C\C. The van der Waals surface area contributed by atoms with Crippen molar-refractivity contribution < 1.29 is 4.42 Å². The van der Waals surface area contributed by atoms with E-state index in [1.165, 1.54) is 0 Å². The van der Waals surface area contributed by atoms with Crippen LogP contribution in [0, 0.1) is 0 Å². The molecule has 1 rings (SSSR count). The number of aromatic nitrogens is 1. The summed E-state index contributed by atoms with van der Waals surface area (Å²) in [5.41, 5.74) is 0. The van der Waals surface area contributed by atoms with Gasteiger partial charge in [0.1, 0.15) is 0 Å². The Bertz CT molecular complexity index is 291. The maximum Gasteiger partial charge on any atom is 0.294 e. The van der Waals surface area contributed by atoms with Crippen molar-refractivity contribution >= 4 is 30.2 Å². The molecule has 58 valence electrons. The van der Waals surface area contributed by atoms with Crippen molar-refractivity contribution in [2.75, 3.05) is 0 Å². The first-order valence-electron chi connectivity index (χ1n) is 3.03. The van der Waals surface area contributed by atoms with Crippen LogP contribution in [0.2, 0.25) is 5.35 Å². The first kappa shape index (κ1) is 8.01. The van der Waals surface area contributed by atoms with Gasteiger partial charge in [-0.1, -0.05) is 6.08 Å². The zero-order chi connectivity index (χ0) is 8.27. The Hall–Kier alpha value is -1.09. The molecule has 0 N–H and O–H groups in total. The van der Waals surface area contributed by atoms with Crippen LogP contribution in [0.15, 0.2) is 15.5 Å². The minimum absolute atomic E-state index is 0.0838. The molecule has 0 atom stereocenters. The molecule has 0 amide bonds. The monoisotopic (exact) mass is 170 g/mol. The van der Waals surface area contributed by atoms with Gasteiger partial charge in [0, 0.05) is 0 Å². The Morgan fingerprint density at radius 3 is 3.00 bits per heavy atom. The standard InChI is InChI=1S/C7H7ClN2O/c1-3-4-5-6(9-2)10-7(8)11-5/h3-4H,2H2,1H3/b4-3-. The second-order valence-electron chi connectivity index (χ2n) is 1.81. The van der Waals surface area contributed by atoms with E-state index in [-0.39, 0.29) is 5.35 Å². The molecule has 1 aromatic heterocycles. The lowest BCUT2D eigenvalue weighted by Gasteiger charge is -1.82. The van der Waals surface area contributed by atoms with Crippen molar-refractivity contribution in [2.45, 2.75) is 6.92 Å². The zero-order valence-corrected chi connectivity index (χ0v) is 6.80. The second kappa shape index (κ2) is 3.34. The van der Waals surface area contributed by atoms with Crippen molar-refractivity contribution in [3.05, 3.63) is 17.2 Å². The molecule has 3 nitrogen and oxygen atoms in total. The van der Waals surface area contributed by atoms with Crippen LogP contribution >= 0.6 is 11.6 Å². The van der Waals surface area contributed by atoms with Gasteiger partial charge in [0.2, 0.25) is 0 Å². The first-order chi connectivity index (χ1) is 5.27. The highest BCUT2D eigenvalue weighted by atomic mass is 35.5. The van der Waals surface area contributed by atoms with Crippen LogP contribution in [0.3, 0.4) is 0 Å². The van der Waals surface area contributed by atoms with Gasteiger partial charge in [-0.2, -0.15) is 4.98 Å². The fourth-order valence-corrected chi connectivity index (χ4v) is 0.834. The van der Waals surface area contributed by atoms with E-state index in [9.17, 15) is 0 Å². The summed E-state index contributed by atoms with van der Waals surface area (Å²) in [6.07, 6.45) is 3.54. The van der Waals surface area contributed by atoms with E-state index >= 15 is 0 Å². The molecule has 0 fully saturated rings. The Balaban J connectivity index is 3.11. The summed E-state index contributed by atoms with van der Waals surface area (Å²) < 4.78 is 4.98. The predicted octanol–water partition coefficient (Wildman–Crippen LogP) is 2.69. The molecule has 0 saturated carbocycles. The Kier molecular flexibility index (Phi) is 2.44. The van der Waals surface area contributed by atoms with E-state index in [1.807, 2.05) is 13.0 Å². The van der Waals surface area contributed by atoms with Crippen LogP contribution in [0.5, 0.6) is 0 Å². The molecule has 0 aliphatic carbocycles. The summed E-state index contributed by atoms with van der Waals surface area (Å²) in [6.45, 7) is 5.19. The molecule has 11 heavy (non-hydrogen) atoms. The average molecular weight is 171 g/mol. The largest absolute Gasteiger partial charge is 0.426 e. The van der Waals surface area contributed by atoms with Crippen LogP contribution in [0.1, 0.15) is 12.7 Å². The van der Waals surface area contributed by atoms with E-state index in [0.29, 0.717) is 11.6 Å². The molecule has 0 aliphatic rings. The predicted molar refractivity (Wildman–Crippen MR) is 45.4 cm³/mol. The molecule has 0 aromatic carbocycles. The molecule has 0 aliphatic heterocycles. The van der Waals surface area contributed by atoms with Crippen LogP contribution in [0.4, 0.5) is 5.82 Å². The average Bonchev–Trinajstić information content (AvgIpc) is 2.32. The van der Waals surface area contributed by atoms with E-state index < -0.39 is 0 Å². The molecule has 1 heterocycles. The summed E-state index contributed by atoms with van der Waals surface area (Å²) >= 11 is 5.48. The highest BCUT2D eigenvalue weighted by molar-refractivity contribution is 6.27. The Morgan fingerprint density at radius 1 is 1.73 bits per heavy atom. The quantitative estimate of drug-likeness (QED) is 0.640. The van der Waals surface area contributed by atoms with Gasteiger partial charge < -0.3 is 4.42 Å². The summed E-state index contributed by atoms with van der Waals surface area (Å²) in [4.78, 5) is 7.39. The lowest BCUT2D eigenvalue weighted by Crippen LogP contribution is -1.64. The van der Waals surface area contributed by atoms with Crippen molar-refractivity contribution in [3.63, 3.8) is 0 Å². The molecule has 0 unspecified atom stereocenters. The third kappa shape index (κ3) is 1.68. The third-order valence-corrected chi connectivity index (χ3v) is 1.24. The van der Waals surface area contributed by atoms with E-state index in [2.05, 4.69) is 16.7 Å². The molecule has 0 bridgehead atoms. The number of aliphatic imine (C=N–C) groups is 1. The normalized spacial score (nSPS) is 10.7. The molecule has 0 saturated heterocycles. The van der Waals surface area contributed by atoms with Gasteiger partial charge in [-0.15, -0.1) is 0 Å². The number of hydrogen-bond donors (Lipinski definition) is 0. The fourth-order valence-electron chi connectivity index (χ4n) is 0.671. The highest BCUT2D eigenvalue weighted by Gasteiger charge is 2.05. The number of allylic oxidation sites excluding steroid dienone is 1. The Morgan fingerprint density at radius 2 is 2.45 bits per heavy atom. The first-order valence-corrected chi connectivity index (χ1v) is 3.41. The minimum atomic E-state index is 0.0838. The highest BCUT2D eigenvalue weighted by Crippen LogP contribution is 2.23. The number of hydrogen-bond acceptors (Lipinski definition) is 3. The minimum Gasteiger partial charge on any atom is -0.426 e. The molecular formula is C7H7ClN2O. The zero-order valence-electron chi connectivity index (χ0n) is 6.04. The van der Waals surface area contributed by atoms with Crippen molar-refractivity contribution in [1.29, 1.82) is 0 Å². The summed E-state index contributed by atoms with van der Waals surface area (Å²) in [5.74, 6) is 0.959. The molecule has 0 spiro atoms. The van der Waals surface area contributed by atoms with Crippen molar-refractivity contribution in [1.82, 2.24) is 4.98 Å². The second-order valence-corrected chi connectivity index (χ2v) is 2.14. The third-order valence-electron chi connectivity index (χ3n) is 1.08. The van der Waals surface area contributed by atoms with E-state index in [4.69, 9.17) is 16.0 Å². The van der Waals surface area contributed by atoms with Gasteiger partial charge in [0.05, 0.1) is 0 Å². The van der Waals surface area contributed by atoms with Crippen LogP contribution in [-0.2, 0) is 0 Å². The summed E-state index contributed by atoms with van der Waals surface area (Å²) in [6, 6.07) is 0. The van der Waals surface area contributed by atoms with E-state index in [0.717, 1.165) is 0 Å². The molecular weight excluding hydrogens is 164 g/mol. The maximum absolute atomic E-state index is 5.48. The number of halogens is 1. The Labute approximate surface area is 69.4 Å². The number of nitrogens with zero attached hydrogens (tertiary/aromatic N) is 2. The van der Waals surface area contributed by atoms with Crippen LogP contribution < -0.4 is 0 Å². The number of rotatable bonds is 2. The summed E-state index contributed by atoms with van der Waals surface area (Å²) in [7, 11) is 0. The van der Waals surface area contributed by atoms with E-state index in [1.54, 1.807) is 6.08 Å². The lowest BCUT2D eigenvalue weighted by atomic mass is 10.4. The van der Waals surface area contributed by atoms with Crippen LogP contribution in [-0.4, -0.2) is 11.7 Å².